The molecule has 4 aromatic rings. The van der Waals surface area contributed by atoms with Gasteiger partial charge in [-0.05, 0) is 41.8 Å². The molecule has 0 bridgehead atoms. The van der Waals surface area contributed by atoms with E-state index in [0.717, 1.165) is 37.7 Å². The van der Waals surface area contributed by atoms with E-state index in [0.29, 0.717) is 32.4 Å². The van der Waals surface area contributed by atoms with Gasteiger partial charge in [0.1, 0.15) is 5.82 Å². The second-order valence-corrected chi connectivity index (χ2v) is 8.84. The Morgan fingerprint density at radius 3 is 2.45 bits per heavy atom. The number of rotatable bonds is 4. The van der Waals surface area contributed by atoms with Crippen LogP contribution in [0.2, 0.25) is 5.02 Å². The van der Waals surface area contributed by atoms with Crippen molar-refractivity contribution < 1.29 is 8.76 Å². The third-order valence-corrected chi connectivity index (χ3v) is 6.38. The van der Waals surface area contributed by atoms with Gasteiger partial charge in [-0.15, -0.1) is 0 Å². The third-order valence-electron chi connectivity index (χ3n) is 5.74. The lowest BCUT2D eigenvalue weighted by molar-refractivity contribution is 0.542. The molecule has 2 aromatic heterocycles. The van der Waals surface area contributed by atoms with Gasteiger partial charge < -0.3 is 19.1 Å². The highest BCUT2D eigenvalue weighted by atomic mass is 35.5. The molecular formula is C23H19ClN5O3S-. The molecule has 1 aliphatic rings. The zero-order chi connectivity index (χ0) is 22.9. The summed E-state index contributed by atoms with van der Waals surface area (Å²) in [6.45, 7) is 3.03. The standard InChI is InChI=1S/C23H20ClN5O3S/c24-16-5-6-25-22(11-16)29-9-7-28(8-10-29)18-13-20-21(26-14-18)4-2-15-1-3-17(27-33(31)32)12-19(15)23(20)30/h1-6,11-14,27H,7-10H2,(H,31,32)/p-1. The van der Waals surface area contributed by atoms with Crippen molar-refractivity contribution in [2.75, 3.05) is 40.7 Å². The smallest absolute Gasteiger partial charge is 0.195 e. The van der Waals surface area contributed by atoms with Crippen LogP contribution in [0.4, 0.5) is 17.2 Å². The maximum atomic E-state index is 13.4. The molecule has 1 N–H and O–H groups in total. The van der Waals surface area contributed by atoms with Crippen LogP contribution in [0.5, 0.6) is 0 Å². The van der Waals surface area contributed by atoms with Gasteiger partial charge in [-0.1, -0.05) is 23.7 Å². The molecule has 3 heterocycles. The van der Waals surface area contributed by atoms with E-state index in [2.05, 4.69) is 24.5 Å². The molecule has 1 saturated heterocycles. The van der Waals surface area contributed by atoms with Gasteiger partial charge in [0, 0.05) is 59.7 Å². The molecule has 1 fully saturated rings. The van der Waals surface area contributed by atoms with Gasteiger partial charge in [0.15, 0.2) is 5.43 Å². The molecule has 5 rings (SSSR count). The Balaban J connectivity index is 1.47. The molecular weight excluding hydrogens is 462 g/mol. The minimum Gasteiger partial charge on any atom is -0.755 e. The van der Waals surface area contributed by atoms with Crippen LogP contribution < -0.4 is 20.0 Å². The fourth-order valence-corrected chi connectivity index (χ4v) is 4.56. The number of hydrogen-bond acceptors (Lipinski definition) is 7. The number of piperazine rings is 1. The minimum absolute atomic E-state index is 0.193. The molecule has 0 radical (unpaired) electrons. The van der Waals surface area contributed by atoms with E-state index < -0.39 is 11.3 Å². The summed E-state index contributed by atoms with van der Waals surface area (Å²) in [6, 6.07) is 14.0. The van der Waals surface area contributed by atoms with E-state index in [1.54, 1.807) is 36.7 Å². The Kier molecular flexibility index (Phi) is 5.84. The predicted octanol–water partition coefficient (Wildman–Crippen LogP) is 3.33. The normalized spacial score (nSPS) is 15.1. The molecule has 0 amide bonds. The molecule has 168 valence electrons. The maximum absolute atomic E-state index is 13.4. The number of hydrogen-bond donors (Lipinski definition) is 1. The topological polar surface area (TPSA) is 101 Å². The van der Waals surface area contributed by atoms with Crippen molar-refractivity contribution >= 4 is 61.7 Å². The minimum atomic E-state index is -2.47. The van der Waals surface area contributed by atoms with Crippen LogP contribution in [0.1, 0.15) is 0 Å². The van der Waals surface area contributed by atoms with E-state index >= 15 is 0 Å². The number of benzene rings is 1. The van der Waals surface area contributed by atoms with Gasteiger partial charge in [0.05, 0.1) is 22.8 Å². The van der Waals surface area contributed by atoms with Crippen LogP contribution in [-0.2, 0) is 11.3 Å². The first kappa shape index (κ1) is 21.6. The summed E-state index contributed by atoms with van der Waals surface area (Å²) in [4.78, 5) is 26.7. The summed E-state index contributed by atoms with van der Waals surface area (Å²) in [6.07, 6.45) is 3.49. The van der Waals surface area contributed by atoms with Crippen molar-refractivity contribution in [2.24, 2.45) is 0 Å². The number of pyridine rings is 2. The Labute approximate surface area is 197 Å². The molecule has 0 aliphatic carbocycles. The first-order chi connectivity index (χ1) is 16.0. The van der Waals surface area contributed by atoms with Gasteiger partial charge in [0.25, 0.3) is 0 Å². The summed E-state index contributed by atoms with van der Waals surface area (Å²) >= 11 is 3.63. The summed E-state index contributed by atoms with van der Waals surface area (Å²) in [5.74, 6) is 0.850. The largest absolute Gasteiger partial charge is 0.755 e. The molecule has 2 aromatic carbocycles. The fraction of sp³-hybridized carbons (Fsp3) is 0.174. The molecule has 1 atom stereocenters. The van der Waals surface area contributed by atoms with Gasteiger partial charge >= 0.3 is 0 Å². The molecule has 8 nitrogen and oxygen atoms in total. The predicted molar refractivity (Wildman–Crippen MR) is 132 cm³/mol. The second kappa shape index (κ2) is 8.93. The Hall–Kier alpha value is -3.27. The van der Waals surface area contributed by atoms with Crippen molar-refractivity contribution in [1.82, 2.24) is 9.97 Å². The maximum Gasteiger partial charge on any atom is 0.195 e. The van der Waals surface area contributed by atoms with E-state index in [-0.39, 0.29) is 5.43 Å². The molecule has 1 aliphatic heterocycles. The molecule has 10 heteroatoms. The van der Waals surface area contributed by atoms with Crippen molar-refractivity contribution in [3.05, 3.63) is 76.2 Å². The van der Waals surface area contributed by atoms with E-state index in [1.807, 2.05) is 24.3 Å². The lowest BCUT2D eigenvalue weighted by Gasteiger charge is -2.36. The van der Waals surface area contributed by atoms with Crippen LogP contribution in [0.25, 0.3) is 21.7 Å². The van der Waals surface area contributed by atoms with Crippen LogP contribution in [0, 0.1) is 0 Å². The highest BCUT2D eigenvalue weighted by molar-refractivity contribution is 7.80. The quantitative estimate of drug-likeness (QED) is 0.447. The van der Waals surface area contributed by atoms with Crippen LogP contribution in [0.15, 0.2) is 65.7 Å². The monoisotopic (exact) mass is 480 g/mol. The Morgan fingerprint density at radius 1 is 0.939 bits per heavy atom. The number of nitrogens with zero attached hydrogens (tertiary/aromatic N) is 4. The first-order valence-corrected chi connectivity index (χ1v) is 11.8. The summed E-state index contributed by atoms with van der Waals surface area (Å²) in [7, 11) is 0. The zero-order valence-corrected chi connectivity index (χ0v) is 19.0. The average molecular weight is 481 g/mol. The second-order valence-electron chi connectivity index (χ2n) is 7.73. The van der Waals surface area contributed by atoms with E-state index in [4.69, 9.17) is 11.6 Å². The molecule has 0 spiro atoms. The first-order valence-electron chi connectivity index (χ1n) is 10.3. The van der Waals surface area contributed by atoms with Crippen LogP contribution in [0.3, 0.4) is 0 Å². The van der Waals surface area contributed by atoms with Gasteiger partial charge in [0.2, 0.25) is 0 Å². The lowest BCUT2D eigenvalue weighted by atomic mass is 10.1. The van der Waals surface area contributed by atoms with Crippen LogP contribution in [-0.4, -0.2) is 44.9 Å². The summed E-state index contributed by atoms with van der Waals surface area (Å²) in [5.41, 5.74) is 1.60. The lowest BCUT2D eigenvalue weighted by Crippen LogP contribution is -2.46. The number of anilines is 3. The molecule has 33 heavy (non-hydrogen) atoms. The Bertz CT molecular complexity index is 1440. The van der Waals surface area contributed by atoms with Crippen LogP contribution >= 0.6 is 11.6 Å². The highest BCUT2D eigenvalue weighted by Crippen LogP contribution is 2.24. The number of fused-ring (bicyclic) bond motifs is 2. The summed E-state index contributed by atoms with van der Waals surface area (Å²) < 4.78 is 24.3. The number of halogens is 1. The Morgan fingerprint density at radius 2 is 1.70 bits per heavy atom. The van der Waals surface area contributed by atoms with E-state index in [1.165, 1.54) is 0 Å². The van der Waals surface area contributed by atoms with E-state index in [9.17, 15) is 13.6 Å². The fourth-order valence-electron chi connectivity index (χ4n) is 4.08. The summed E-state index contributed by atoms with van der Waals surface area (Å²) in [5, 5.41) is 2.28. The number of nitrogens with one attached hydrogen (secondary N) is 1. The average Bonchev–Trinajstić information content (AvgIpc) is 2.95. The van der Waals surface area contributed by atoms with Gasteiger partial charge in [-0.2, -0.15) is 0 Å². The highest BCUT2D eigenvalue weighted by Gasteiger charge is 2.19. The third kappa shape index (κ3) is 4.47. The number of aromatic nitrogens is 2. The van der Waals surface area contributed by atoms with Crippen molar-refractivity contribution in [3.8, 4) is 0 Å². The van der Waals surface area contributed by atoms with Crippen molar-refractivity contribution in [1.29, 1.82) is 0 Å². The van der Waals surface area contributed by atoms with Gasteiger partial charge in [-0.25, -0.2) is 4.98 Å². The molecule has 0 saturated carbocycles. The SMILES string of the molecule is O=c1c2cc(NS(=O)[O-])ccc2ccc2ncc(N3CCN(c4cc(Cl)ccn4)CC3)cc12. The van der Waals surface area contributed by atoms with Crippen molar-refractivity contribution in [3.63, 3.8) is 0 Å². The zero-order valence-electron chi connectivity index (χ0n) is 17.4. The van der Waals surface area contributed by atoms with Crippen molar-refractivity contribution in [2.45, 2.75) is 0 Å². The van der Waals surface area contributed by atoms with Gasteiger partial charge in [-0.3, -0.25) is 14.0 Å². The molecule has 1 unspecified atom stereocenters.